The molecule has 0 bridgehead atoms. The number of carbonyl (C=O) groups is 1. The standard InChI is InChI=1S/C26H25NO5S/c1-16(30)18-3-2-4-19(12-18)32-20-6-8-24-22(13-20)25(31)21-11-17(5-7-23(21)33-24)9-10-26(27,14-28)15-29/h2-8,11-13,28-29H,9-10,14-15,27H2,1H3. The fourth-order valence-corrected chi connectivity index (χ4v) is 4.65. The predicted molar refractivity (Wildman–Crippen MR) is 132 cm³/mol. The summed E-state index contributed by atoms with van der Waals surface area (Å²) < 4.78 is 7.65. The summed E-state index contributed by atoms with van der Waals surface area (Å²) in [6.07, 6.45) is 0.930. The lowest BCUT2D eigenvalue weighted by Gasteiger charge is -2.24. The van der Waals surface area contributed by atoms with Crippen LogP contribution in [0.2, 0.25) is 0 Å². The zero-order chi connectivity index (χ0) is 23.6. The molecule has 1 heterocycles. The lowest BCUT2D eigenvalue weighted by molar-refractivity contribution is 0.101. The molecular formula is C26H25NO5S. The first-order valence-electron chi connectivity index (χ1n) is 10.6. The van der Waals surface area contributed by atoms with Crippen LogP contribution in [0.5, 0.6) is 11.5 Å². The Kier molecular flexibility index (Phi) is 6.58. The molecule has 4 aromatic rings. The van der Waals surface area contributed by atoms with E-state index in [2.05, 4.69) is 0 Å². The molecule has 33 heavy (non-hydrogen) atoms. The second-order valence-corrected chi connectivity index (χ2v) is 9.37. The van der Waals surface area contributed by atoms with Gasteiger partial charge in [-0.2, -0.15) is 0 Å². The molecule has 0 aliphatic rings. The minimum Gasteiger partial charge on any atom is -0.457 e. The van der Waals surface area contributed by atoms with E-state index in [9.17, 15) is 19.8 Å². The molecule has 0 radical (unpaired) electrons. The number of hydrogen-bond donors (Lipinski definition) is 3. The number of hydrogen-bond acceptors (Lipinski definition) is 7. The molecule has 1 aromatic heterocycles. The van der Waals surface area contributed by atoms with Crippen molar-refractivity contribution in [1.29, 1.82) is 0 Å². The molecule has 0 saturated heterocycles. The number of Topliss-reactive ketones (excluding diaryl/α,β-unsaturated/α-hetero) is 1. The first-order valence-corrected chi connectivity index (χ1v) is 11.4. The van der Waals surface area contributed by atoms with Gasteiger partial charge in [0.1, 0.15) is 11.5 Å². The van der Waals surface area contributed by atoms with Crippen LogP contribution in [0.3, 0.4) is 0 Å². The largest absolute Gasteiger partial charge is 0.457 e. The minimum absolute atomic E-state index is 0.0465. The Morgan fingerprint density at radius 3 is 2.33 bits per heavy atom. The van der Waals surface area contributed by atoms with Crippen LogP contribution in [0.25, 0.3) is 20.2 Å². The van der Waals surface area contributed by atoms with E-state index in [1.165, 1.54) is 18.3 Å². The molecular weight excluding hydrogens is 438 g/mol. The van der Waals surface area contributed by atoms with Crippen LogP contribution in [-0.2, 0) is 6.42 Å². The molecule has 0 spiro atoms. The van der Waals surface area contributed by atoms with Gasteiger partial charge in [-0.25, -0.2) is 0 Å². The number of aryl methyl sites for hydroxylation is 1. The van der Waals surface area contributed by atoms with Crippen LogP contribution in [0.15, 0.2) is 65.5 Å². The van der Waals surface area contributed by atoms with E-state index in [4.69, 9.17) is 10.5 Å². The van der Waals surface area contributed by atoms with E-state index < -0.39 is 5.54 Å². The third-order valence-electron chi connectivity index (χ3n) is 5.72. The van der Waals surface area contributed by atoms with Crippen molar-refractivity contribution in [2.24, 2.45) is 5.73 Å². The quantitative estimate of drug-likeness (QED) is 0.269. The molecule has 0 aliphatic heterocycles. The molecule has 0 fully saturated rings. The Morgan fingerprint density at radius 2 is 1.64 bits per heavy atom. The summed E-state index contributed by atoms with van der Waals surface area (Å²) in [5.41, 5.74) is 6.31. The van der Waals surface area contributed by atoms with Crippen LogP contribution in [0.4, 0.5) is 0 Å². The highest BCUT2D eigenvalue weighted by Crippen LogP contribution is 2.30. The molecule has 3 aromatic carbocycles. The molecule has 4 rings (SSSR count). The van der Waals surface area contributed by atoms with E-state index in [0.717, 1.165) is 15.0 Å². The van der Waals surface area contributed by atoms with E-state index in [1.807, 2.05) is 30.3 Å². The van der Waals surface area contributed by atoms with Gasteiger partial charge in [0.25, 0.3) is 0 Å². The predicted octanol–water partition coefficient (Wildman–Crippen LogP) is 4.02. The number of ketones is 1. The van der Waals surface area contributed by atoms with Crippen molar-refractivity contribution in [3.8, 4) is 11.5 Å². The molecule has 170 valence electrons. The highest BCUT2D eigenvalue weighted by Gasteiger charge is 2.22. The third kappa shape index (κ3) is 4.96. The monoisotopic (exact) mass is 463 g/mol. The van der Waals surface area contributed by atoms with Crippen molar-refractivity contribution >= 4 is 37.3 Å². The van der Waals surface area contributed by atoms with E-state index >= 15 is 0 Å². The highest BCUT2D eigenvalue weighted by atomic mass is 32.1. The van der Waals surface area contributed by atoms with E-state index in [0.29, 0.717) is 40.7 Å². The van der Waals surface area contributed by atoms with Gasteiger partial charge in [0.05, 0.1) is 18.8 Å². The molecule has 0 atom stereocenters. The lowest BCUT2D eigenvalue weighted by Crippen LogP contribution is -2.47. The summed E-state index contributed by atoms with van der Waals surface area (Å²) in [4.78, 5) is 24.9. The van der Waals surface area contributed by atoms with Crippen molar-refractivity contribution in [3.05, 3.63) is 82.0 Å². The molecule has 4 N–H and O–H groups in total. The summed E-state index contributed by atoms with van der Waals surface area (Å²) in [6, 6.07) is 18.0. The number of benzene rings is 3. The van der Waals surface area contributed by atoms with Crippen molar-refractivity contribution in [3.63, 3.8) is 0 Å². The average Bonchev–Trinajstić information content (AvgIpc) is 2.83. The van der Waals surface area contributed by atoms with Gasteiger partial charge in [0.2, 0.25) is 0 Å². The van der Waals surface area contributed by atoms with Crippen molar-refractivity contribution < 1.29 is 19.7 Å². The summed E-state index contributed by atoms with van der Waals surface area (Å²) >= 11 is 1.52. The summed E-state index contributed by atoms with van der Waals surface area (Å²) in [7, 11) is 0. The fraction of sp³-hybridized carbons (Fsp3) is 0.231. The number of ether oxygens (including phenoxy) is 1. The number of fused-ring (bicyclic) bond motifs is 2. The fourth-order valence-electron chi connectivity index (χ4n) is 3.62. The zero-order valence-corrected chi connectivity index (χ0v) is 19.0. The van der Waals surface area contributed by atoms with Crippen molar-refractivity contribution in [1.82, 2.24) is 0 Å². The van der Waals surface area contributed by atoms with Gasteiger partial charge in [-0.3, -0.25) is 9.59 Å². The van der Waals surface area contributed by atoms with Crippen LogP contribution >= 0.6 is 11.3 Å². The van der Waals surface area contributed by atoms with E-state index in [-0.39, 0.29) is 24.4 Å². The Balaban J connectivity index is 1.68. The van der Waals surface area contributed by atoms with Gasteiger partial charge in [-0.1, -0.05) is 18.2 Å². The van der Waals surface area contributed by atoms with Crippen LogP contribution < -0.4 is 15.9 Å². The van der Waals surface area contributed by atoms with Crippen LogP contribution in [-0.4, -0.2) is 34.7 Å². The number of aliphatic hydroxyl groups is 2. The highest BCUT2D eigenvalue weighted by molar-refractivity contribution is 7.24. The first kappa shape index (κ1) is 23.1. The number of aliphatic hydroxyl groups excluding tert-OH is 2. The Hall–Kier alpha value is -3.10. The Morgan fingerprint density at radius 1 is 0.970 bits per heavy atom. The Labute approximate surface area is 194 Å². The van der Waals surface area contributed by atoms with Gasteiger partial charge in [-0.05, 0) is 67.8 Å². The van der Waals surface area contributed by atoms with Crippen molar-refractivity contribution in [2.45, 2.75) is 25.3 Å². The maximum absolute atomic E-state index is 13.3. The molecule has 0 amide bonds. The second kappa shape index (κ2) is 9.41. The van der Waals surface area contributed by atoms with E-state index in [1.54, 1.807) is 30.3 Å². The van der Waals surface area contributed by atoms with Gasteiger partial charge < -0.3 is 20.7 Å². The maximum Gasteiger partial charge on any atom is 0.196 e. The number of rotatable bonds is 8. The average molecular weight is 464 g/mol. The molecule has 7 heteroatoms. The second-order valence-electron chi connectivity index (χ2n) is 8.28. The van der Waals surface area contributed by atoms with Crippen LogP contribution in [0.1, 0.15) is 29.3 Å². The third-order valence-corrected chi connectivity index (χ3v) is 6.87. The molecule has 0 unspecified atom stereocenters. The molecule has 6 nitrogen and oxygen atoms in total. The first-order chi connectivity index (χ1) is 15.8. The van der Waals surface area contributed by atoms with Gasteiger partial charge in [-0.15, -0.1) is 11.3 Å². The van der Waals surface area contributed by atoms with Crippen LogP contribution in [0, 0.1) is 0 Å². The molecule has 0 aliphatic carbocycles. The van der Waals surface area contributed by atoms with Gasteiger partial charge in [0.15, 0.2) is 11.2 Å². The number of nitrogens with two attached hydrogens (primary N) is 1. The summed E-state index contributed by atoms with van der Waals surface area (Å²) in [5.74, 6) is 0.996. The van der Waals surface area contributed by atoms with Gasteiger partial charge >= 0.3 is 0 Å². The minimum atomic E-state index is -1.05. The normalized spacial score (nSPS) is 11.8. The summed E-state index contributed by atoms with van der Waals surface area (Å²) in [5, 5.41) is 20.0. The maximum atomic E-state index is 13.3. The lowest BCUT2D eigenvalue weighted by atomic mass is 9.93. The molecule has 0 saturated carbocycles. The summed E-state index contributed by atoms with van der Waals surface area (Å²) in [6.45, 7) is 0.879. The zero-order valence-electron chi connectivity index (χ0n) is 18.2. The SMILES string of the molecule is CC(=O)c1cccc(Oc2ccc3sc4ccc(CCC(N)(CO)CO)cc4c(=O)c3c2)c1. The smallest absolute Gasteiger partial charge is 0.196 e. The Bertz CT molecular complexity index is 1390. The number of carbonyl (C=O) groups excluding carboxylic acids is 1. The van der Waals surface area contributed by atoms with Crippen molar-refractivity contribution in [2.75, 3.05) is 13.2 Å². The topological polar surface area (TPSA) is 110 Å². The van der Waals surface area contributed by atoms with Gasteiger partial charge in [0, 0.05) is 25.7 Å².